The van der Waals surface area contributed by atoms with Crippen LogP contribution in [0.5, 0.6) is 0 Å². The van der Waals surface area contributed by atoms with Crippen LogP contribution in [0.15, 0.2) is 60.9 Å². The fourth-order valence-electron chi connectivity index (χ4n) is 1.67. The molecule has 21 heavy (non-hydrogen) atoms. The van der Waals surface area contributed by atoms with Gasteiger partial charge in [0.25, 0.3) is 0 Å². The van der Waals surface area contributed by atoms with E-state index in [-0.39, 0.29) is 12.5 Å². The summed E-state index contributed by atoms with van der Waals surface area (Å²) in [4.78, 5) is 12.2. The van der Waals surface area contributed by atoms with E-state index in [1.54, 1.807) is 4.57 Å². The third kappa shape index (κ3) is 5.58. The van der Waals surface area contributed by atoms with Crippen LogP contribution in [-0.4, -0.2) is 17.4 Å². The number of thiocarbonyl (C=S) groups is 1. The van der Waals surface area contributed by atoms with E-state index in [4.69, 9.17) is 12.2 Å². The van der Waals surface area contributed by atoms with Crippen LogP contribution < -0.4 is 20.7 Å². The van der Waals surface area contributed by atoms with Crippen molar-refractivity contribution >= 4 is 28.8 Å². The first kappa shape index (κ1) is 14.9. The number of hydrogen-bond acceptors (Lipinski definition) is 3. The van der Waals surface area contributed by atoms with Crippen LogP contribution in [0, 0.1) is 0 Å². The number of nitrogens with zero attached hydrogens (tertiary/aromatic N) is 1. The molecule has 0 atom stereocenters. The number of pyridine rings is 1. The van der Waals surface area contributed by atoms with E-state index in [1.165, 1.54) is 0 Å². The molecule has 2 aromatic rings. The van der Waals surface area contributed by atoms with Crippen LogP contribution in [0.25, 0.3) is 0 Å². The Labute approximate surface area is 129 Å². The molecule has 108 valence electrons. The van der Waals surface area contributed by atoms with Gasteiger partial charge in [0.05, 0.1) is 6.54 Å². The minimum Gasteiger partial charge on any atom is -0.379 e. The highest BCUT2D eigenvalue weighted by Gasteiger charge is 2.08. The lowest BCUT2D eigenvalue weighted by Gasteiger charge is -2.10. The number of carbonyl (C=O) groups is 1. The molecule has 0 saturated carbocycles. The van der Waals surface area contributed by atoms with E-state index in [1.807, 2.05) is 60.9 Å². The third-order valence-electron chi connectivity index (χ3n) is 2.67. The molecule has 2 rings (SSSR count). The molecule has 3 N–H and O–H groups in total. The Hall–Kier alpha value is -2.47. The number of benzene rings is 1. The Balaban J connectivity index is 1.68. The van der Waals surface area contributed by atoms with E-state index in [0.29, 0.717) is 11.5 Å². The van der Waals surface area contributed by atoms with Crippen molar-refractivity contribution in [1.29, 1.82) is 0 Å². The van der Waals surface area contributed by atoms with Gasteiger partial charge in [-0.3, -0.25) is 15.6 Å². The van der Waals surface area contributed by atoms with Crippen LogP contribution in [0.2, 0.25) is 0 Å². The molecule has 0 unspecified atom stereocenters. The molecule has 1 heterocycles. The minimum absolute atomic E-state index is 0.159. The van der Waals surface area contributed by atoms with Gasteiger partial charge in [-0.2, -0.15) is 4.57 Å². The van der Waals surface area contributed by atoms with Crippen molar-refractivity contribution < 1.29 is 9.36 Å². The first-order valence-electron chi connectivity index (χ1n) is 6.55. The summed E-state index contributed by atoms with van der Waals surface area (Å²) in [5, 5.41) is 3.16. The third-order valence-corrected chi connectivity index (χ3v) is 2.92. The predicted octanol–water partition coefficient (Wildman–Crippen LogP) is 1.03. The van der Waals surface area contributed by atoms with Gasteiger partial charge in [-0.15, -0.1) is 0 Å². The highest BCUT2D eigenvalue weighted by molar-refractivity contribution is 7.80. The summed E-state index contributed by atoms with van der Waals surface area (Å²) < 4.78 is 1.78. The van der Waals surface area contributed by atoms with Gasteiger partial charge in [-0.05, 0) is 12.1 Å². The number of nitrogens with one attached hydrogen (secondary N) is 3. The second kappa shape index (κ2) is 7.96. The van der Waals surface area contributed by atoms with Crippen molar-refractivity contribution in [2.45, 2.75) is 6.54 Å². The Kier molecular flexibility index (Phi) is 5.66. The first-order chi connectivity index (χ1) is 10.2. The lowest BCUT2D eigenvalue weighted by atomic mass is 10.3. The molecule has 0 aliphatic heterocycles. The molecule has 0 aliphatic carbocycles. The summed E-state index contributed by atoms with van der Waals surface area (Å²) in [6.45, 7) is 0.695. The molecule has 5 nitrogen and oxygen atoms in total. The van der Waals surface area contributed by atoms with E-state index in [9.17, 15) is 4.79 Å². The van der Waals surface area contributed by atoms with Crippen LogP contribution >= 0.6 is 12.2 Å². The summed E-state index contributed by atoms with van der Waals surface area (Å²) >= 11 is 5.14. The SMILES string of the molecule is O=C(C[n+]1ccccc1)NNC(=S)CNc1ccccc1. The average molecular weight is 301 g/mol. The maximum absolute atomic E-state index is 11.7. The van der Waals surface area contributed by atoms with E-state index < -0.39 is 0 Å². The Morgan fingerprint density at radius 3 is 2.38 bits per heavy atom. The smallest absolute Gasteiger partial charge is 0.304 e. The topological polar surface area (TPSA) is 57.0 Å². The highest BCUT2D eigenvalue weighted by atomic mass is 32.1. The Morgan fingerprint density at radius 2 is 1.67 bits per heavy atom. The molecule has 1 aromatic carbocycles. The Bertz CT molecular complexity index is 589. The fourth-order valence-corrected chi connectivity index (χ4v) is 1.79. The molecule has 0 fully saturated rings. The fraction of sp³-hybridized carbons (Fsp3) is 0.133. The lowest BCUT2D eigenvalue weighted by molar-refractivity contribution is -0.684. The predicted molar refractivity (Wildman–Crippen MR) is 85.4 cm³/mol. The highest BCUT2D eigenvalue weighted by Crippen LogP contribution is 2.03. The molecular weight excluding hydrogens is 284 g/mol. The second-order valence-electron chi connectivity index (χ2n) is 4.36. The zero-order chi connectivity index (χ0) is 14.9. The molecule has 0 spiro atoms. The number of anilines is 1. The van der Waals surface area contributed by atoms with Crippen molar-refractivity contribution in [3.05, 3.63) is 60.9 Å². The second-order valence-corrected chi connectivity index (χ2v) is 4.86. The Morgan fingerprint density at radius 1 is 1.00 bits per heavy atom. The van der Waals surface area contributed by atoms with Gasteiger partial charge in [-0.25, -0.2) is 0 Å². The van der Waals surface area contributed by atoms with Gasteiger partial charge in [0.15, 0.2) is 12.4 Å². The number of rotatable bonds is 5. The van der Waals surface area contributed by atoms with Crippen molar-refractivity contribution in [2.75, 3.05) is 11.9 Å². The summed E-state index contributed by atoms with van der Waals surface area (Å²) in [5.41, 5.74) is 6.28. The number of hydrogen-bond donors (Lipinski definition) is 3. The minimum atomic E-state index is -0.159. The number of carbonyl (C=O) groups excluding carboxylic acids is 1. The molecule has 1 amide bonds. The maximum Gasteiger partial charge on any atom is 0.304 e. The molecule has 0 bridgehead atoms. The zero-order valence-corrected chi connectivity index (χ0v) is 12.3. The first-order valence-corrected chi connectivity index (χ1v) is 6.95. The van der Waals surface area contributed by atoms with Gasteiger partial charge < -0.3 is 5.32 Å². The maximum atomic E-state index is 11.7. The van der Waals surface area contributed by atoms with Crippen molar-refractivity contribution in [3.63, 3.8) is 0 Å². The quantitative estimate of drug-likeness (QED) is 0.439. The van der Waals surface area contributed by atoms with E-state index in [0.717, 1.165) is 5.69 Å². The van der Waals surface area contributed by atoms with Crippen LogP contribution in [0.4, 0.5) is 5.69 Å². The van der Waals surface area contributed by atoms with Crippen LogP contribution in [0.1, 0.15) is 0 Å². The average Bonchev–Trinajstić information content (AvgIpc) is 2.53. The lowest BCUT2D eigenvalue weighted by Crippen LogP contribution is -2.49. The largest absolute Gasteiger partial charge is 0.379 e. The van der Waals surface area contributed by atoms with Gasteiger partial charge >= 0.3 is 5.91 Å². The van der Waals surface area contributed by atoms with Gasteiger partial charge in [0.1, 0.15) is 4.99 Å². The molecular formula is C15H17N4OS+. The molecule has 0 radical (unpaired) electrons. The molecule has 0 saturated heterocycles. The number of aromatic nitrogens is 1. The van der Waals surface area contributed by atoms with Gasteiger partial charge in [0.2, 0.25) is 6.54 Å². The van der Waals surface area contributed by atoms with Crippen molar-refractivity contribution in [1.82, 2.24) is 10.9 Å². The molecule has 1 aromatic heterocycles. The standard InChI is InChI=1S/C15H16N4OS/c20-14(12-19-9-5-2-6-10-19)17-18-15(21)11-16-13-7-3-1-4-8-13/h1-10,16H,11-12H2,(H-,17,18,20,21)/p+1. The number of hydrazine groups is 1. The normalized spacial score (nSPS) is 9.71. The van der Waals surface area contributed by atoms with E-state index in [2.05, 4.69) is 16.2 Å². The molecule has 6 heteroatoms. The zero-order valence-electron chi connectivity index (χ0n) is 11.5. The monoisotopic (exact) mass is 301 g/mol. The summed E-state index contributed by atoms with van der Waals surface area (Å²) in [6.07, 6.45) is 3.66. The summed E-state index contributed by atoms with van der Waals surface area (Å²) in [5.74, 6) is -0.159. The van der Waals surface area contributed by atoms with E-state index >= 15 is 0 Å². The van der Waals surface area contributed by atoms with Crippen LogP contribution in [0.3, 0.4) is 0 Å². The van der Waals surface area contributed by atoms with Crippen molar-refractivity contribution in [2.24, 2.45) is 0 Å². The number of para-hydroxylation sites is 1. The summed E-state index contributed by atoms with van der Waals surface area (Å²) in [6, 6.07) is 15.4. The summed E-state index contributed by atoms with van der Waals surface area (Å²) in [7, 11) is 0. The number of amides is 1. The molecule has 0 aliphatic rings. The van der Waals surface area contributed by atoms with Crippen LogP contribution in [-0.2, 0) is 11.3 Å². The van der Waals surface area contributed by atoms with Gasteiger partial charge in [-0.1, -0.05) is 36.5 Å². The van der Waals surface area contributed by atoms with Gasteiger partial charge in [0, 0.05) is 17.8 Å². The van der Waals surface area contributed by atoms with Crippen molar-refractivity contribution in [3.8, 4) is 0 Å².